The molecule has 0 aliphatic carbocycles. The van der Waals surface area contributed by atoms with Crippen molar-refractivity contribution in [2.45, 2.75) is 20.3 Å². The van der Waals surface area contributed by atoms with E-state index in [1.165, 1.54) is 5.56 Å². The van der Waals surface area contributed by atoms with Crippen LogP contribution in [0, 0.1) is 17.8 Å². The van der Waals surface area contributed by atoms with E-state index in [0.29, 0.717) is 5.92 Å². The molecule has 0 spiro atoms. The van der Waals surface area contributed by atoms with Gasteiger partial charge in [0.05, 0.1) is 0 Å². The molecule has 0 saturated heterocycles. The van der Waals surface area contributed by atoms with Gasteiger partial charge in [-0.05, 0) is 18.9 Å². The first-order valence-corrected chi connectivity index (χ1v) is 4.29. The summed E-state index contributed by atoms with van der Waals surface area (Å²) in [7, 11) is 0. The second-order valence-corrected chi connectivity index (χ2v) is 2.99. The topological polar surface area (TPSA) is 0 Å². The van der Waals surface area contributed by atoms with Crippen LogP contribution in [-0.2, 0) is 6.42 Å². The molecule has 62 valence electrons. The molecule has 0 aromatic heterocycles. The Hall–Kier alpha value is -1.22. The van der Waals surface area contributed by atoms with Crippen molar-refractivity contribution < 1.29 is 0 Å². The number of hydrogen-bond acceptors (Lipinski definition) is 0. The Morgan fingerprint density at radius 2 is 1.92 bits per heavy atom. The molecule has 0 aliphatic heterocycles. The molecule has 12 heavy (non-hydrogen) atoms. The molecule has 1 rings (SSSR count). The smallest absolute Gasteiger partial charge is 0.0214 e. The number of benzene rings is 1. The van der Waals surface area contributed by atoms with Crippen molar-refractivity contribution in [1.29, 1.82) is 0 Å². The van der Waals surface area contributed by atoms with E-state index in [0.717, 1.165) is 6.42 Å². The van der Waals surface area contributed by atoms with Crippen LogP contribution < -0.4 is 0 Å². The predicted molar refractivity (Wildman–Crippen MR) is 52.8 cm³/mol. The van der Waals surface area contributed by atoms with Crippen LogP contribution >= 0.6 is 0 Å². The standard InChI is InChI=1S/C12H14/c1-3-7-11(2)10-12-8-5-4-6-9-12/h4-6,8-9,11H,10H2,1-2H3. The van der Waals surface area contributed by atoms with Crippen molar-refractivity contribution in [1.82, 2.24) is 0 Å². The lowest BCUT2D eigenvalue weighted by atomic mass is 10.0. The summed E-state index contributed by atoms with van der Waals surface area (Å²) < 4.78 is 0. The zero-order chi connectivity index (χ0) is 8.81. The summed E-state index contributed by atoms with van der Waals surface area (Å²) in [5.41, 5.74) is 1.37. The minimum absolute atomic E-state index is 0.470. The first-order chi connectivity index (χ1) is 5.83. The van der Waals surface area contributed by atoms with Crippen LogP contribution in [0.15, 0.2) is 30.3 Å². The second-order valence-electron chi connectivity index (χ2n) is 2.99. The van der Waals surface area contributed by atoms with Gasteiger partial charge in [-0.2, -0.15) is 0 Å². The lowest BCUT2D eigenvalue weighted by Gasteiger charge is -2.02. The van der Waals surface area contributed by atoms with Gasteiger partial charge < -0.3 is 0 Å². The van der Waals surface area contributed by atoms with Gasteiger partial charge in [-0.3, -0.25) is 0 Å². The normalized spacial score (nSPS) is 11.5. The molecule has 1 aromatic rings. The third-order valence-electron chi connectivity index (χ3n) is 1.78. The van der Waals surface area contributed by atoms with Crippen LogP contribution in [0.2, 0.25) is 0 Å². The van der Waals surface area contributed by atoms with Crippen molar-refractivity contribution in [2.24, 2.45) is 5.92 Å². The highest BCUT2D eigenvalue weighted by molar-refractivity contribution is 5.17. The molecular formula is C12H14. The Kier molecular flexibility index (Phi) is 3.41. The zero-order valence-corrected chi connectivity index (χ0v) is 7.67. The van der Waals surface area contributed by atoms with Crippen molar-refractivity contribution in [2.75, 3.05) is 0 Å². The van der Waals surface area contributed by atoms with Crippen molar-refractivity contribution in [3.63, 3.8) is 0 Å². The molecule has 0 nitrogen and oxygen atoms in total. The molecule has 0 fully saturated rings. The van der Waals surface area contributed by atoms with Gasteiger partial charge in [-0.25, -0.2) is 0 Å². The molecule has 0 N–H and O–H groups in total. The molecule has 0 heteroatoms. The molecular weight excluding hydrogens is 144 g/mol. The average molecular weight is 158 g/mol. The first kappa shape index (κ1) is 8.87. The van der Waals surface area contributed by atoms with Gasteiger partial charge in [-0.1, -0.05) is 37.3 Å². The minimum atomic E-state index is 0.470. The molecule has 1 unspecified atom stereocenters. The van der Waals surface area contributed by atoms with E-state index >= 15 is 0 Å². The van der Waals surface area contributed by atoms with E-state index < -0.39 is 0 Å². The van der Waals surface area contributed by atoms with Gasteiger partial charge >= 0.3 is 0 Å². The largest absolute Gasteiger partial charge is 0.106 e. The summed E-state index contributed by atoms with van der Waals surface area (Å²) in [4.78, 5) is 0. The number of hydrogen-bond donors (Lipinski definition) is 0. The fraction of sp³-hybridized carbons (Fsp3) is 0.333. The summed E-state index contributed by atoms with van der Waals surface area (Å²) in [5, 5.41) is 0. The first-order valence-electron chi connectivity index (χ1n) is 4.29. The van der Waals surface area contributed by atoms with E-state index in [4.69, 9.17) is 0 Å². The highest BCUT2D eigenvalue weighted by Crippen LogP contribution is 2.06. The molecule has 0 radical (unpaired) electrons. The van der Waals surface area contributed by atoms with Crippen LogP contribution in [-0.4, -0.2) is 0 Å². The molecule has 0 heterocycles. The van der Waals surface area contributed by atoms with Gasteiger partial charge in [-0.15, -0.1) is 11.8 Å². The Bertz CT molecular complexity index is 274. The fourth-order valence-corrected chi connectivity index (χ4v) is 1.27. The Morgan fingerprint density at radius 1 is 1.25 bits per heavy atom. The maximum atomic E-state index is 3.14. The van der Waals surface area contributed by atoms with E-state index in [-0.39, 0.29) is 0 Å². The van der Waals surface area contributed by atoms with Crippen LogP contribution in [0.1, 0.15) is 19.4 Å². The molecule has 1 aromatic carbocycles. The van der Waals surface area contributed by atoms with Gasteiger partial charge in [0.2, 0.25) is 0 Å². The van der Waals surface area contributed by atoms with Crippen LogP contribution in [0.4, 0.5) is 0 Å². The van der Waals surface area contributed by atoms with Crippen molar-refractivity contribution in [3.05, 3.63) is 35.9 Å². The lowest BCUT2D eigenvalue weighted by Crippen LogP contribution is -1.95. The molecule has 1 atom stereocenters. The van der Waals surface area contributed by atoms with Crippen LogP contribution in [0.25, 0.3) is 0 Å². The Balaban J connectivity index is 2.56. The molecule has 0 amide bonds. The van der Waals surface area contributed by atoms with Gasteiger partial charge in [0.1, 0.15) is 0 Å². The fourth-order valence-electron chi connectivity index (χ4n) is 1.27. The van der Waals surface area contributed by atoms with Gasteiger partial charge in [0.25, 0.3) is 0 Å². The predicted octanol–water partition coefficient (Wildman–Crippen LogP) is 2.89. The summed E-state index contributed by atoms with van der Waals surface area (Å²) in [5.74, 6) is 6.55. The third-order valence-corrected chi connectivity index (χ3v) is 1.78. The van der Waals surface area contributed by atoms with Crippen LogP contribution in [0.3, 0.4) is 0 Å². The Labute approximate surface area is 74.6 Å². The maximum absolute atomic E-state index is 3.14. The summed E-state index contributed by atoms with van der Waals surface area (Å²) >= 11 is 0. The zero-order valence-electron chi connectivity index (χ0n) is 7.67. The molecule has 0 aliphatic rings. The maximum Gasteiger partial charge on any atom is 0.0214 e. The summed E-state index contributed by atoms with van der Waals surface area (Å²) in [6.45, 7) is 4.05. The number of rotatable bonds is 2. The molecule has 0 saturated carbocycles. The third kappa shape index (κ3) is 2.80. The highest BCUT2D eigenvalue weighted by Gasteiger charge is 1.97. The van der Waals surface area contributed by atoms with Crippen LogP contribution in [0.5, 0.6) is 0 Å². The van der Waals surface area contributed by atoms with E-state index in [9.17, 15) is 0 Å². The average Bonchev–Trinajstić information content (AvgIpc) is 2.06. The summed E-state index contributed by atoms with van der Waals surface area (Å²) in [6, 6.07) is 10.5. The second kappa shape index (κ2) is 4.62. The minimum Gasteiger partial charge on any atom is -0.106 e. The van der Waals surface area contributed by atoms with Gasteiger partial charge in [0.15, 0.2) is 0 Å². The molecule has 0 bridgehead atoms. The Morgan fingerprint density at radius 3 is 2.50 bits per heavy atom. The lowest BCUT2D eigenvalue weighted by molar-refractivity contribution is 0.750. The van der Waals surface area contributed by atoms with Crippen molar-refractivity contribution >= 4 is 0 Å². The van der Waals surface area contributed by atoms with E-state index in [1.807, 2.05) is 13.0 Å². The SMILES string of the molecule is CC#CC(C)Cc1ccccc1. The van der Waals surface area contributed by atoms with E-state index in [2.05, 4.69) is 43.0 Å². The highest BCUT2D eigenvalue weighted by atomic mass is 14.0. The van der Waals surface area contributed by atoms with Gasteiger partial charge in [0, 0.05) is 5.92 Å². The van der Waals surface area contributed by atoms with E-state index in [1.54, 1.807) is 0 Å². The summed E-state index contributed by atoms with van der Waals surface area (Å²) in [6.07, 6.45) is 1.06. The monoisotopic (exact) mass is 158 g/mol. The van der Waals surface area contributed by atoms with Crippen molar-refractivity contribution in [3.8, 4) is 11.8 Å². The quantitative estimate of drug-likeness (QED) is 0.580.